The Labute approximate surface area is 110 Å². The van der Waals surface area contributed by atoms with Gasteiger partial charge in [-0.1, -0.05) is 18.1 Å². The van der Waals surface area contributed by atoms with Crippen LogP contribution in [0.5, 0.6) is 0 Å². The number of carbonyl (C=O) groups is 1. The molecule has 1 aliphatic carbocycles. The molecule has 0 bridgehead atoms. The van der Waals surface area contributed by atoms with Gasteiger partial charge in [0.15, 0.2) is 0 Å². The first kappa shape index (κ1) is 12.3. The van der Waals surface area contributed by atoms with Gasteiger partial charge >= 0.3 is 5.97 Å². The van der Waals surface area contributed by atoms with Crippen molar-refractivity contribution in [1.82, 2.24) is 0 Å². The van der Waals surface area contributed by atoms with Gasteiger partial charge in [-0.05, 0) is 34.6 Å². The number of hydrogen-bond donors (Lipinski definition) is 0. The molecule has 18 heavy (non-hydrogen) atoms. The first-order valence-electron chi connectivity index (χ1n) is 6.52. The van der Waals surface area contributed by atoms with Crippen molar-refractivity contribution < 1.29 is 9.53 Å². The molecule has 0 spiro atoms. The fourth-order valence-electron chi connectivity index (χ4n) is 4.17. The van der Waals surface area contributed by atoms with Crippen molar-refractivity contribution in [2.45, 2.75) is 51.9 Å². The van der Waals surface area contributed by atoms with Crippen molar-refractivity contribution >= 4 is 19.8 Å². The largest absolute Gasteiger partial charge is 0.461 e. The van der Waals surface area contributed by atoms with Gasteiger partial charge in [0.1, 0.15) is 5.71 Å². The van der Waals surface area contributed by atoms with E-state index in [0.29, 0.717) is 12.3 Å². The number of carbonyl (C=O) groups excluding carboxylic acids is 1. The summed E-state index contributed by atoms with van der Waals surface area (Å²) >= 11 is 0. The zero-order chi connectivity index (χ0) is 13.5. The maximum atomic E-state index is 12.1. The van der Waals surface area contributed by atoms with Gasteiger partial charge in [-0.2, -0.15) is 0 Å². The minimum absolute atomic E-state index is 0.144. The third-order valence-electron chi connectivity index (χ3n) is 5.90. The number of esters is 1. The Morgan fingerprint density at radius 3 is 2.44 bits per heavy atom. The highest BCUT2D eigenvalue weighted by molar-refractivity contribution is 7.70. The van der Waals surface area contributed by atoms with Gasteiger partial charge in [-0.25, -0.2) is 4.79 Å². The summed E-state index contributed by atoms with van der Waals surface area (Å²) in [5.41, 5.74) is 3.24. The second kappa shape index (κ2) is 3.07. The molecule has 4 atom stereocenters. The summed E-state index contributed by atoms with van der Waals surface area (Å²) in [6, 6.07) is 0. The standard InChI is InChI=1S/C14H20NO2P/c1-7-17-11(16)10-12(4)8(2)9(3)13(5)14(12,6)18(13)15-10/h7H2,1-6H3. The van der Waals surface area contributed by atoms with E-state index in [1.807, 2.05) is 6.92 Å². The SMILES string of the molecule is CCOC(=O)C1=NP2C3(C)C(C)=C(C)C1(C)C23C. The van der Waals surface area contributed by atoms with Gasteiger partial charge in [0.05, 0.1) is 12.0 Å². The van der Waals surface area contributed by atoms with Crippen LogP contribution in [0.2, 0.25) is 0 Å². The molecule has 1 saturated heterocycles. The van der Waals surface area contributed by atoms with Crippen LogP contribution in [0.25, 0.3) is 0 Å². The molecule has 0 aromatic heterocycles. The summed E-state index contributed by atoms with van der Waals surface area (Å²) in [6.07, 6.45) is 0. The number of fused-ring (bicyclic) bond motifs is 1. The molecule has 98 valence electrons. The van der Waals surface area contributed by atoms with Crippen molar-refractivity contribution in [3.63, 3.8) is 0 Å². The number of hydrogen-bond acceptors (Lipinski definition) is 3. The van der Waals surface area contributed by atoms with E-state index in [1.165, 1.54) is 11.1 Å². The lowest BCUT2D eigenvalue weighted by molar-refractivity contribution is -0.135. The van der Waals surface area contributed by atoms with E-state index >= 15 is 0 Å². The molecule has 0 saturated carbocycles. The summed E-state index contributed by atoms with van der Waals surface area (Å²) in [6.45, 7) is 13.4. The number of rotatable bonds is 2. The maximum absolute atomic E-state index is 12.1. The molecular formula is C14H20NO2P. The predicted octanol–water partition coefficient (Wildman–Crippen LogP) is 3.29. The fraction of sp³-hybridized carbons (Fsp3) is 0.714. The van der Waals surface area contributed by atoms with Crippen molar-refractivity contribution in [2.75, 3.05) is 6.61 Å². The second-order valence-electron chi connectivity index (χ2n) is 6.00. The van der Waals surface area contributed by atoms with E-state index in [1.54, 1.807) is 0 Å². The van der Waals surface area contributed by atoms with Gasteiger partial charge in [0.25, 0.3) is 0 Å². The van der Waals surface area contributed by atoms with Gasteiger partial charge in [0, 0.05) is 18.4 Å². The van der Waals surface area contributed by atoms with Gasteiger partial charge in [-0.15, -0.1) is 0 Å². The Kier molecular flexibility index (Phi) is 2.10. The van der Waals surface area contributed by atoms with Crippen LogP contribution in [0.1, 0.15) is 41.5 Å². The van der Waals surface area contributed by atoms with E-state index < -0.39 is 8.07 Å². The highest BCUT2D eigenvalue weighted by Gasteiger charge is 2.87. The number of allylic oxidation sites excluding steroid dienone is 2. The van der Waals surface area contributed by atoms with Crippen molar-refractivity contribution in [3.8, 4) is 0 Å². The second-order valence-corrected chi connectivity index (χ2v) is 8.61. The van der Waals surface area contributed by atoms with Crippen molar-refractivity contribution in [3.05, 3.63) is 11.1 Å². The van der Waals surface area contributed by atoms with E-state index in [2.05, 4.69) is 34.6 Å². The Morgan fingerprint density at radius 2 is 1.89 bits per heavy atom. The third-order valence-corrected chi connectivity index (χ3v) is 9.45. The summed E-state index contributed by atoms with van der Waals surface area (Å²) in [4.78, 5) is 12.1. The predicted molar refractivity (Wildman–Crippen MR) is 74.3 cm³/mol. The van der Waals surface area contributed by atoms with Gasteiger partial charge in [0.2, 0.25) is 0 Å². The lowest BCUT2D eigenvalue weighted by Crippen LogP contribution is -2.43. The molecule has 0 aromatic carbocycles. The Hall–Kier alpha value is -0.690. The molecule has 0 aromatic rings. The lowest BCUT2D eigenvalue weighted by atomic mass is 9.71. The smallest absolute Gasteiger partial charge is 0.353 e. The van der Waals surface area contributed by atoms with Crippen LogP contribution in [-0.4, -0.2) is 28.6 Å². The molecule has 0 N–H and O–H groups in total. The highest BCUT2D eigenvalue weighted by Crippen LogP contribution is 2.97. The molecule has 0 amide bonds. The minimum Gasteiger partial charge on any atom is -0.461 e. The molecule has 0 radical (unpaired) electrons. The molecule has 2 heterocycles. The number of ether oxygens (including phenoxy) is 1. The van der Waals surface area contributed by atoms with E-state index in [4.69, 9.17) is 9.50 Å². The zero-order valence-corrected chi connectivity index (χ0v) is 12.8. The zero-order valence-electron chi connectivity index (χ0n) is 11.9. The molecule has 4 heteroatoms. The average molecular weight is 265 g/mol. The molecule has 3 nitrogen and oxygen atoms in total. The van der Waals surface area contributed by atoms with Crippen molar-refractivity contribution in [2.24, 2.45) is 10.2 Å². The Bertz CT molecular complexity index is 538. The summed E-state index contributed by atoms with van der Waals surface area (Å²) in [7, 11) is -0.444. The maximum Gasteiger partial charge on any atom is 0.353 e. The molecule has 1 fully saturated rings. The lowest BCUT2D eigenvalue weighted by Gasteiger charge is -2.31. The molecular weight excluding hydrogens is 245 g/mol. The van der Waals surface area contributed by atoms with E-state index in [-0.39, 0.29) is 21.7 Å². The van der Waals surface area contributed by atoms with Crippen LogP contribution in [0.3, 0.4) is 0 Å². The topological polar surface area (TPSA) is 38.7 Å². The Balaban J connectivity index is 2.13. The van der Waals surface area contributed by atoms with Crippen molar-refractivity contribution in [1.29, 1.82) is 0 Å². The summed E-state index contributed by atoms with van der Waals surface area (Å²) < 4.78 is 9.98. The first-order chi connectivity index (χ1) is 8.27. The Morgan fingerprint density at radius 1 is 1.28 bits per heavy atom. The molecule has 3 rings (SSSR count). The fourth-order valence-corrected chi connectivity index (χ4v) is 7.94. The van der Waals surface area contributed by atoms with Crippen LogP contribution in [0.15, 0.2) is 15.9 Å². The first-order valence-corrected chi connectivity index (χ1v) is 7.82. The van der Waals surface area contributed by atoms with Gasteiger partial charge < -0.3 is 4.74 Å². The normalized spacial score (nSPS) is 48.1. The highest BCUT2D eigenvalue weighted by atomic mass is 31.1. The van der Waals surface area contributed by atoms with Crippen LogP contribution in [0.4, 0.5) is 0 Å². The number of nitrogens with zero attached hydrogens (tertiary/aromatic N) is 1. The average Bonchev–Trinajstić information content (AvgIpc) is 2.66. The minimum atomic E-state index is -0.444. The molecule has 4 unspecified atom stereocenters. The van der Waals surface area contributed by atoms with Gasteiger partial charge in [-0.3, -0.25) is 4.76 Å². The molecule has 2 aliphatic heterocycles. The van der Waals surface area contributed by atoms with Crippen LogP contribution in [-0.2, 0) is 9.53 Å². The van der Waals surface area contributed by atoms with Crippen LogP contribution < -0.4 is 0 Å². The van der Waals surface area contributed by atoms with E-state index in [0.717, 1.165) is 0 Å². The third kappa shape index (κ3) is 0.862. The monoisotopic (exact) mass is 265 g/mol. The summed E-state index contributed by atoms with van der Waals surface area (Å²) in [5.74, 6) is -0.215. The van der Waals surface area contributed by atoms with Crippen LogP contribution >= 0.6 is 8.07 Å². The molecule has 3 aliphatic rings. The van der Waals surface area contributed by atoms with Crippen LogP contribution in [0, 0.1) is 5.41 Å². The quantitative estimate of drug-likeness (QED) is 0.436. The summed E-state index contributed by atoms with van der Waals surface area (Å²) in [5, 5.41) is 0.364. The van der Waals surface area contributed by atoms with E-state index in [9.17, 15) is 4.79 Å².